The van der Waals surface area contributed by atoms with Crippen molar-refractivity contribution in [1.82, 2.24) is 14.5 Å². The minimum Gasteiger partial charge on any atom is -0.387 e. The third-order valence-corrected chi connectivity index (χ3v) is 5.26. The summed E-state index contributed by atoms with van der Waals surface area (Å²) < 4.78 is 24.9. The van der Waals surface area contributed by atoms with Crippen LogP contribution in [0.1, 0.15) is 13.8 Å². The van der Waals surface area contributed by atoms with Crippen molar-refractivity contribution >= 4 is 32.4 Å². The monoisotopic (exact) mass is 292 g/mol. The van der Waals surface area contributed by atoms with Gasteiger partial charge >= 0.3 is 0 Å². The van der Waals surface area contributed by atoms with Crippen LogP contribution >= 0.6 is 11.3 Å². The van der Waals surface area contributed by atoms with Gasteiger partial charge in [0.05, 0.1) is 5.60 Å². The van der Waals surface area contributed by atoms with Gasteiger partial charge in [-0.1, -0.05) is 11.3 Å². The number of hydrogen-bond donors (Lipinski definition) is 2. The Hall–Kier alpha value is -1.10. The molecule has 0 atom stereocenters. The van der Waals surface area contributed by atoms with Crippen molar-refractivity contribution in [2.75, 3.05) is 18.4 Å². The summed E-state index contributed by atoms with van der Waals surface area (Å²) in [5.41, 5.74) is -0.988. The van der Waals surface area contributed by atoms with Crippen molar-refractivity contribution in [3.63, 3.8) is 0 Å². The molecule has 1 aromatic heterocycles. The Morgan fingerprint density at radius 1 is 1.50 bits per heavy atom. The predicted octanol–water partition coefficient (Wildman–Crippen LogP) is -0.748. The summed E-state index contributed by atoms with van der Waals surface area (Å²) in [5.74, 6) is -0.345. The molecule has 0 unspecified atom stereocenters. The molecule has 0 spiro atoms. The second-order valence-electron chi connectivity index (χ2n) is 4.32. The number of amides is 1. The summed E-state index contributed by atoms with van der Waals surface area (Å²) >= 11 is 0.780. The molecule has 10 heteroatoms. The van der Waals surface area contributed by atoms with E-state index in [1.54, 1.807) is 6.92 Å². The molecule has 0 radical (unpaired) electrons. The van der Waals surface area contributed by atoms with Gasteiger partial charge in [-0.2, -0.15) is 4.31 Å². The zero-order valence-corrected chi connectivity index (χ0v) is 11.4. The molecule has 0 bridgehead atoms. The Kier molecular flexibility index (Phi) is 3.13. The average molecular weight is 292 g/mol. The molecule has 0 saturated carbocycles. The minimum atomic E-state index is -3.72. The van der Waals surface area contributed by atoms with Crippen LogP contribution in [0.2, 0.25) is 0 Å². The average Bonchev–Trinajstić information content (AvgIpc) is 2.62. The van der Waals surface area contributed by atoms with E-state index in [0.717, 1.165) is 15.6 Å². The number of sulfonamides is 1. The van der Waals surface area contributed by atoms with Crippen LogP contribution in [0.25, 0.3) is 0 Å². The number of nitrogens with zero attached hydrogens (tertiary/aromatic N) is 3. The van der Waals surface area contributed by atoms with Crippen LogP contribution in [-0.4, -0.2) is 52.6 Å². The van der Waals surface area contributed by atoms with Gasteiger partial charge in [0.25, 0.3) is 10.0 Å². The first-order valence-electron chi connectivity index (χ1n) is 5.04. The van der Waals surface area contributed by atoms with E-state index in [1.807, 2.05) is 0 Å². The third-order valence-electron chi connectivity index (χ3n) is 2.28. The zero-order valence-electron chi connectivity index (χ0n) is 9.74. The third kappa shape index (κ3) is 2.51. The highest BCUT2D eigenvalue weighted by Gasteiger charge is 2.45. The highest BCUT2D eigenvalue weighted by molar-refractivity contribution is 7.91. The number of anilines is 1. The molecule has 0 aromatic carbocycles. The first kappa shape index (κ1) is 13.3. The summed E-state index contributed by atoms with van der Waals surface area (Å²) in [6.07, 6.45) is 0. The lowest BCUT2D eigenvalue weighted by Crippen LogP contribution is -2.61. The van der Waals surface area contributed by atoms with E-state index in [2.05, 4.69) is 15.5 Å². The van der Waals surface area contributed by atoms with Crippen LogP contribution in [0.5, 0.6) is 0 Å². The first-order chi connectivity index (χ1) is 8.21. The topological polar surface area (TPSA) is 112 Å². The Morgan fingerprint density at radius 3 is 2.61 bits per heavy atom. The predicted molar refractivity (Wildman–Crippen MR) is 63.6 cm³/mol. The smallest absolute Gasteiger partial charge is 0.272 e. The quantitative estimate of drug-likeness (QED) is 0.709. The first-order valence-corrected chi connectivity index (χ1v) is 7.30. The van der Waals surface area contributed by atoms with Crippen LogP contribution < -0.4 is 5.32 Å². The summed E-state index contributed by atoms with van der Waals surface area (Å²) in [7, 11) is -3.72. The van der Waals surface area contributed by atoms with E-state index in [1.165, 1.54) is 6.92 Å². The number of hydrogen-bond acceptors (Lipinski definition) is 7. The number of aromatic nitrogens is 2. The number of nitrogens with one attached hydrogen (secondary N) is 1. The van der Waals surface area contributed by atoms with Gasteiger partial charge < -0.3 is 10.4 Å². The van der Waals surface area contributed by atoms with E-state index in [0.29, 0.717) is 0 Å². The molecule has 1 amide bonds. The van der Waals surface area contributed by atoms with E-state index < -0.39 is 15.6 Å². The normalized spacial score (nSPS) is 19.3. The number of β-amino-alcohol motifs (C(OH)–C–C–N with tert-alkyl or cyclic N) is 1. The molecule has 1 aliphatic rings. The number of aliphatic hydroxyl groups is 1. The van der Waals surface area contributed by atoms with E-state index in [-0.39, 0.29) is 28.5 Å². The fourth-order valence-corrected chi connectivity index (χ4v) is 4.27. The lowest BCUT2D eigenvalue weighted by Gasteiger charge is -2.42. The van der Waals surface area contributed by atoms with E-state index >= 15 is 0 Å². The number of carbonyl (C=O) groups is 1. The standard InChI is InChI=1S/C8H12N4O4S2/c1-5(13)9-6-10-11-7(17-6)18(15,16)12-3-8(2,14)4-12/h14H,3-4H2,1-2H3,(H,9,10,13). The highest BCUT2D eigenvalue weighted by Crippen LogP contribution is 2.30. The molecule has 2 heterocycles. The lowest BCUT2D eigenvalue weighted by atomic mass is 10.0. The Labute approximate surface area is 108 Å². The molecule has 2 N–H and O–H groups in total. The van der Waals surface area contributed by atoms with Crippen molar-refractivity contribution in [2.45, 2.75) is 23.8 Å². The molecule has 1 aromatic rings. The van der Waals surface area contributed by atoms with Crippen molar-refractivity contribution < 1.29 is 18.3 Å². The van der Waals surface area contributed by atoms with Gasteiger partial charge in [-0.05, 0) is 6.92 Å². The van der Waals surface area contributed by atoms with Gasteiger partial charge in [-0.3, -0.25) is 4.79 Å². The van der Waals surface area contributed by atoms with Crippen molar-refractivity contribution in [2.24, 2.45) is 0 Å². The van der Waals surface area contributed by atoms with Gasteiger partial charge in [0.15, 0.2) is 0 Å². The summed E-state index contributed by atoms with van der Waals surface area (Å²) in [6, 6.07) is 0. The SMILES string of the molecule is CC(=O)Nc1nnc(S(=O)(=O)N2CC(C)(O)C2)s1. The van der Waals surface area contributed by atoms with E-state index in [4.69, 9.17) is 0 Å². The maximum Gasteiger partial charge on any atom is 0.272 e. The van der Waals surface area contributed by atoms with Gasteiger partial charge in [-0.15, -0.1) is 10.2 Å². The lowest BCUT2D eigenvalue weighted by molar-refractivity contribution is -0.114. The molecular formula is C8H12N4O4S2. The molecular weight excluding hydrogens is 280 g/mol. The molecule has 18 heavy (non-hydrogen) atoms. The molecule has 0 aliphatic carbocycles. The fourth-order valence-electron chi connectivity index (χ4n) is 1.51. The largest absolute Gasteiger partial charge is 0.387 e. The Morgan fingerprint density at radius 2 is 2.11 bits per heavy atom. The van der Waals surface area contributed by atoms with Gasteiger partial charge in [0, 0.05) is 20.0 Å². The second-order valence-corrected chi connectivity index (χ2v) is 7.41. The maximum absolute atomic E-state index is 12.0. The second kappa shape index (κ2) is 4.23. The minimum absolute atomic E-state index is 0.0321. The number of carbonyl (C=O) groups excluding carboxylic acids is 1. The summed E-state index contributed by atoms with van der Waals surface area (Å²) in [4.78, 5) is 10.8. The molecule has 100 valence electrons. The zero-order chi connectivity index (χ0) is 13.6. The van der Waals surface area contributed by atoms with Crippen molar-refractivity contribution in [1.29, 1.82) is 0 Å². The van der Waals surface area contributed by atoms with E-state index in [9.17, 15) is 18.3 Å². The Bertz CT molecular complexity index is 572. The van der Waals surface area contributed by atoms with Crippen molar-refractivity contribution in [3.8, 4) is 0 Å². The molecule has 1 fully saturated rings. The molecule has 2 rings (SSSR count). The van der Waals surface area contributed by atoms with Crippen LogP contribution in [0.4, 0.5) is 5.13 Å². The highest BCUT2D eigenvalue weighted by atomic mass is 32.2. The van der Waals surface area contributed by atoms with Crippen LogP contribution in [0.3, 0.4) is 0 Å². The molecule has 1 saturated heterocycles. The van der Waals surface area contributed by atoms with Gasteiger partial charge in [0.1, 0.15) is 0 Å². The summed E-state index contributed by atoms with van der Waals surface area (Å²) in [6.45, 7) is 2.92. The van der Waals surface area contributed by atoms with Gasteiger partial charge in [-0.25, -0.2) is 8.42 Å². The maximum atomic E-state index is 12.0. The van der Waals surface area contributed by atoms with Crippen molar-refractivity contribution in [3.05, 3.63) is 0 Å². The molecule has 8 nitrogen and oxygen atoms in total. The number of rotatable bonds is 3. The fraction of sp³-hybridized carbons (Fsp3) is 0.625. The van der Waals surface area contributed by atoms with Crippen LogP contribution in [-0.2, 0) is 14.8 Å². The van der Waals surface area contributed by atoms with Crippen LogP contribution in [0.15, 0.2) is 4.34 Å². The summed E-state index contributed by atoms with van der Waals surface area (Å²) in [5, 5.41) is 19.1. The van der Waals surface area contributed by atoms with Gasteiger partial charge in [0.2, 0.25) is 15.4 Å². The van der Waals surface area contributed by atoms with Crippen LogP contribution in [0, 0.1) is 0 Å². The molecule has 1 aliphatic heterocycles. The Balaban J connectivity index is 2.16.